The highest BCUT2D eigenvalue weighted by molar-refractivity contribution is 7.57. The number of esters is 5. The Balaban J connectivity index is 0.000000208. The molecule has 7 aliphatic rings. The molecule has 0 fully saturated rings. The summed E-state index contributed by atoms with van der Waals surface area (Å²) in [7, 11) is -20.1. The van der Waals surface area contributed by atoms with Crippen molar-refractivity contribution in [1.29, 1.82) is 0 Å². The SMILES string of the molecule is CC(=O)CCc1cccc2c1OP(=O)(C(C)C)OC2.CC(=O)OCCc1cccc2c1OP(=O)(C(C)C)OC2.CC(=O)OCOC(=O)CCc1ccc2c(c1)COP(=O)(C(C)C)O2.CC(C)OC(=O)OCOC(=O)CCc1ccc2c(c1)COP(=O)(C(C)C)O2.CC(C)P1(=O)OCc2cc(Cl)ccc2O1.COC(=O)C(C)NC(=O)CCc1ccc2c(c1)COP(=O)(C(C)C)O2.Cc1cccc2c1OP(=O)(C(C)C)OC2. The molecule has 0 aromatic heterocycles. The molecule has 8 unspecified atom stereocenters. The van der Waals surface area contributed by atoms with Gasteiger partial charge in [0.2, 0.25) is 19.5 Å². The first-order valence-electron chi connectivity index (χ1n) is 47.4. The number of ketones is 1. The average molecular weight is 2180 g/mol. The number of halogens is 1. The van der Waals surface area contributed by atoms with Crippen LogP contribution in [0.2, 0.25) is 5.02 Å². The largest absolute Gasteiger partial charge is 0.511 e. The number of carbonyl (C=O) groups is 8. The summed E-state index contributed by atoms with van der Waals surface area (Å²) >= 11 is 5.83. The number of amides is 1. The molecule has 0 aliphatic carbocycles. The Morgan fingerprint density at radius 2 is 0.676 bits per heavy atom. The number of carbonyl (C=O) groups excluding carboxylic acids is 8. The topological polar surface area (TPSA) is 462 Å². The van der Waals surface area contributed by atoms with Gasteiger partial charge in [0.25, 0.3) is 0 Å². The lowest BCUT2D eigenvalue weighted by Crippen LogP contribution is -2.39. The minimum absolute atomic E-state index is 0.106. The molecular weight excluding hydrogens is 2040 g/mol. The van der Waals surface area contributed by atoms with E-state index in [4.69, 9.17) is 93.9 Å². The molecule has 1 amide bonds. The van der Waals surface area contributed by atoms with Crippen LogP contribution in [0.1, 0.15) is 236 Å². The second kappa shape index (κ2) is 55.2. The second-order valence-electron chi connectivity index (χ2n) is 36.5. The number of methoxy groups -OCH3 is 1. The Morgan fingerprint density at radius 1 is 0.352 bits per heavy atom. The predicted octanol–water partition coefficient (Wildman–Crippen LogP) is 24.6. The number of Topliss-reactive ketones (excluding diaryl/α,β-unsaturated/α-hetero) is 1. The summed E-state index contributed by atoms with van der Waals surface area (Å²) in [5.74, 6) is 1.93. The van der Waals surface area contributed by atoms with Gasteiger partial charge in [0.15, 0.2) is 0 Å². The van der Waals surface area contributed by atoms with Gasteiger partial charge in [-0.15, -0.1) is 0 Å². The Labute approximate surface area is 853 Å². The molecule has 8 atom stereocenters. The highest BCUT2D eigenvalue weighted by Gasteiger charge is 2.43. The average Bonchev–Trinajstić information content (AvgIpc) is 0.789. The molecule has 7 aliphatic heterocycles. The number of para-hydroxylation sites is 3. The standard InChI is InChI=1S/C18H25O8P.C17H24NO6P.C16H21O7P.C14H19O5P.C14H19O4P.C11H15O3P.C10H12ClO3P/c1-12(2)25-18(20)23-11-22-17(19)8-6-14-5-7-16-15(9-14)10-24-27(21,26-16)13(3)4;1-11(2)25(21)23-10-14-9-13(5-7-15(14)24-25)6-8-16(19)18-12(3)17(20)22-4;1-11(2)24(19)22-9-14-8-13(4-6-15(14)23-24)5-7-16(18)21-10-20-12(3)17;1-10(2)20(16)18-9-13-6-4-5-12(14(13)19-20)7-8-17-11(3)15;1-10(2)19(16)17-9-13-6-4-5-12(14(13)18-19)8-7-11(3)15;1-8(2)15(12)13-7-10-6-4-5-9(3)11(10)14-15;1-7(2)15(12)13-6-8-5-9(11)3-4-10(8)14-15/h5,7,9,12-13H,6,8,10-11H2,1-4H3;5,7,9,11-12H,6,8,10H2,1-4H3,(H,18,19);4,6,8,11H,5,7,9-10H2,1-3H3;4-6,10H,7-9H2,1-3H3;4-6,10H,7-9H2,1-3H3;4-6,8H,7H2,1-3H3;3-5,7H,6H2,1-2H3. The molecule has 145 heavy (non-hydrogen) atoms. The Kier molecular flexibility index (Phi) is 45.9. The van der Waals surface area contributed by atoms with Crippen molar-refractivity contribution in [1.82, 2.24) is 5.32 Å². The quantitative estimate of drug-likeness (QED) is 0.0197. The maximum atomic E-state index is 12.5. The zero-order valence-electron chi connectivity index (χ0n) is 86.0. The van der Waals surface area contributed by atoms with Crippen LogP contribution in [0, 0.1) is 6.92 Å². The lowest BCUT2D eigenvalue weighted by Gasteiger charge is -2.29. The highest BCUT2D eigenvalue weighted by atomic mass is 35.5. The molecule has 37 nitrogen and oxygen atoms in total. The molecule has 45 heteroatoms. The summed E-state index contributed by atoms with van der Waals surface area (Å²) in [6, 6.07) is 38.1. The van der Waals surface area contributed by atoms with Crippen LogP contribution in [0.25, 0.3) is 0 Å². The molecule has 0 radical (unpaired) electrons. The summed E-state index contributed by atoms with van der Waals surface area (Å²) in [4.78, 5) is 90.1. The Hall–Kier alpha value is -9.48. The zero-order chi connectivity index (χ0) is 107. The van der Waals surface area contributed by atoms with Crippen LogP contribution >= 0.6 is 64.8 Å². The molecule has 7 heterocycles. The second-order valence-corrected chi connectivity index (χ2v) is 54.8. The summed E-state index contributed by atoms with van der Waals surface area (Å²) in [5, 5.41) is 3.21. The molecule has 14 rings (SSSR count). The lowest BCUT2D eigenvalue weighted by atomic mass is 10.0. The first-order chi connectivity index (χ1) is 68.1. The molecule has 0 saturated heterocycles. The summed E-state index contributed by atoms with van der Waals surface area (Å²) in [6.07, 6.45) is 2.34. The van der Waals surface area contributed by atoms with Crippen molar-refractivity contribution < 1.29 is 167 Å². The van der Waals surface area contributed by atoms with Gasteiger partial charge in [0, 0.05) is 89.9 Å². The van der Waals surface area contributed by atoms with Crippen LogP contribution in [-0.4, -0.2) is 127 Å². The minimum atomic E-state index is -3.12. The van der Waals surface area contributed by atoms with Crippen molar-refractivity contribution in [3.63, 3.8) is 0 Å². The number of rotatable bonds is 29. The fourth-order valence-corrected chi connectivity index (χ4v) is 23.1. The summed E-state index contributed by atoms with van der Waals surface area (Å²) in [6.45, 7) is 37.8. The number of hydrogen-bond acceptors (Lipinski definition) is 36. The third-order valence-electron chi connectivity index (χ3n) is 22.3. The molecule has 7 aromatic rings. The van der Waals surface area contributed by atoms with Gasteiger partial charge in [-0.3, -0.25) is 55.6 Å². The van der Waals surface area contributed by atoms with Crippen molar-refractivity contribution in [3.8, 4) is 40.2 Å². The van der Waals surface area contributed by atoms with Crippen molar-refractivity contribution in [2.24, 2.45) is 0 Å². The van der Waals surface area contributed by atoms with Crippen molar-refractivity contribution >= 4 is 112 Å². The molecule has 0 bridgehead atoms. The van der Waals surface area contributed by atoms with E-state index in [-0.39, 0.29) is 122 Å². The van der Waals surface area contributed by atoms with Crippen LogP contribution in [0.5, 0.6) is 40.2 Å². The normalized spacial score (nSPS) is 21.1. The van der Waals surface area contributed by atoms with Gasteiger partial charge >= 0.3 is 89.2 Å². The van der Waals surface area contributed by atoms with E-state index in [9.17, 15) is 70.3 Å². The fraction of sp³-hybridized carbons (Fsp3) is 0.500. The Morgan fingerprint density at radius 3 is 1.03 bits per heavy atom. The van der Waals surface area contributed by atoms with Crippen molar-refractivity contribution in [2.75, 3.05) is 27.3 Å². The zero-order valence-corrected chi connectivity index (χ0v) is 93.0. The molecule has 798 valence electrons. The number of hydrogen-bond donors (Lipinski definition) is 1. The van der Waals surface area contributed by atoms with E-state index in [0.717, 1.165) is 78.1 Å². The van der Waals surface area contributed by atoms with Gasteiger partial charge in [0.1, 0.15) is 52.1 Å². The van der Waals surface area contributed by atoms with Crippen molar-refractivity contribution in [3.05, 3.63) is 205 Å². The monoisotopic (exact) mass is 2180 g/mol. The fourth-order valence-electron chi connectivity index (χ4n) is 13.4. The molecule has 0 spiro atoms. The van der Waals surface area contributed by atoms with Crippen molar-refractivity contribution in [2.45, 2.75) is 301 Å². The molecular formula is C100H135ClNO36P7. The molecule has 0 saturated carbocycles. The third-order valence-corrected chi connectivity index (χ3v) is 37.9. The third kappa shape index (κ3) is 36.2. The van der Waals surface area contributed by atoms with Gasteiger partial charge in [0.05, 0.1) is 106 Å². The van der Waals surface area contributed by atoms with E-state index in [2.05, 4.69) is 19.5 Å². The maximum absolute atomic E-state index is 12.5. The number of fused-ring (bicyclic) bond motifs is 7. The van der Waals surface area contributed by atoms with Crippen LogP contribution in [0.4, 0.5) is 4.79 Å². The highest BCUT2D eigenvalue weighted by Crippen LogP contribution is 2.64. The van der Waals surface area contributed by atoms with Crippen LogP contribution in [0.3, 0.4) is 0 Å². The van der Waals surface area contributed by atoms with E-state index in [0.29, 0.717) is 97.9 Å². The Bertz CT molecular complexity index is 6050. The molecule has 1 N–H and O–H groups in total. The van der Waals surface area contributed by atoms with Gasteiger partial charge in [-0.25, -0.2) is 41.5 Å². The first-order valence-corrected chi connectivity index (χ1v) is 59.1. The number of aryl methyl sites for hydroxylation is 5. The summed E-state index contributed by atoms with van der Waals surface area (Å²) in [5.41, 5.74) is 10.3. The predicted molar refractivity (Wildman–Crippen MR) is 542 cm³/mol. The number of nitrogens with one attached hydrogen (secondary N) is 1. The number of ether oxygens (including phenoxy) is 7. The van der Waals surface area contributed by atoms with E-state index in [1.807, 2.05) is 147 Å². The number of benzene rings is 7. The van der Waals surface area contributed by atoms with E-state index in [1.165, 1.54) is 21.0 Å². The lowest BCUT2D eigenvalue weighted by molar-refractivity contribution is -0.166. The minimum Gasteiger partial charge on any atom is -0.467 e. The van der Waals surface area contributed by atoms with Gasteiger partial charge in [-0.1, -0.05) is 181 Å². The summed E-state index contributed by atoms with van der Waals surface area (Å²) < 4.78 is 196. The van der Waals surface area contributed by atoms with E-state index in [1.54, 1.807) is 112 Å². The van der Waals surface area contributed by atoms with E-state index >= 15 is 0 Å². The van der Waals surface area contributed by atoms with Crippen LogP contribution in [-0.2, 0) is 209 Å². The smallest absolute Gasteiger partial charge is 0.467 e. The van der Waals surface area contributed by atoms with Gasteiger partial charge in [-0.05, 0) is 148 Å². The van der Waals surface area contributed by atoms with Crippen LogP contribution < -0.4 is 37.0 Å². The molecule has 7 aromatic carbocycles. The maximum Gasteiger partial charge on any atom is 0.511 e. The van der Waals surface area contributed by atoms with Gasteiger partial charge in [-0.2, -0.15) is 0 Å². The van der Waals surface area contributed by atoms with E-state index < -0.39 is 96.0 Å². The van der Waals surface area contributed by atoms with Gasteiger partial charge < -0.3 is 74.9 Å². The van der Waals surface area contributed by atoms with Crippen LogP contribution in [0.15, 0.2) is 127 Å². The first kappa shape index (κ1) is 121.